The molecule has 0 amide bonds. The molecule has 0 heterocycles. The van der Waals surface area contributed by atoms with E-state index in [1.54, 1.807) is 0 Å². The molecule has 2 nitrogen and oxygen atoms in total. The standard InChI is InChI=1S/C27H50O2Si2/c1-10-11-12-13-19-27(2,3)23-17-18-25(26(21-23)29-31(7,8)9)22-15-14-16-24(20-22)28-30(4,5)6/h17-18,21-22,24H,10-16,19-20H2,1-9H3/t22-,24+/m0/s1. The van der Waals surface area contributed by atoms with Gasteiger partial charge >= 0.3 is 0 Å². The van der Waals surface area contributed by atoms with Crippen LogP contribution in [-0.4, -0.2) is 22.7 Å². The average molecular weight is 463 g/mol. The second-order valence-corrected chi connectivity index (χ2v) is 21.3. The van der Waals surface area contributed by atoms with Gasteiger partial charge in [0, 0.05) is 6.10 Å². The van der Waals surface area contributed by atoms with E-state index < -0.39 is 16.6 Å². The second-order valence-electron chi connectivity index (χ2n) is 12.4. The Bertz CT molecular complexity index is 685. The van der Waals surface area contributed by atoms with E-state index in [1.165, 1.54) is 62.5 Å². The fourth-order valence-electron chi connectivity index (χ4n) is 4.88. The average Bonchev–Trinajstić information content (AvgIpc) is 2.63. The van der Waals surface area contributed by atoms with E-state index in [1.807, 2.05) is 0 Å². The van der Waals surface area contributed by atoms with Crippen molar-refractivity contribution >= 4 is 16.6 Å². The molecule has 1 aliphatic rings. The lowest BCUT2D eigenvalue weighted by Gasteiger charge is -2.35. The Labute approximate surface area is 195 Å². The predicted octanol–water partition coefficient (Wildman–Crippen LogP) is 9.03. The maximum absolute atomic E-state index is 6.71. The van der Waals surface area contributed by atoms with E-state index in [9.17, 15) is 0 Å². The van der Waals surface area contributed by atoms with Crippen LogP contribution in [0.1, 0.15) is 95.6 Å². The van der Waals surface area contributed by atoms with Crippen LogP contribution in [-0.2, 0) is 9.84 Å². The first-order chi connectivity index (χ1) is 14.3. The number of hydrogen-bond acceptors (Lipinski definition) is 2. The van der Waals surface area contributed by atoms with Crippen molar-refractivity contribution in [3.05, 3.63) is 29.3 Å². The minimum Gasteiger partial charge on any atom is -0.544 e. The van der Waals surface area contributed by atoms with Gasteiger partial charge < -0.3 is 8.85 Å². The summed E-state index contributed by atoms with van der Waals surface area (Å²) in [6.45, 7) is 20.9. The molecule has 1 aromatic rings. The number of rotatable bonds is 11. The third-order valence-corrected chi connectivity index (χ3v) is 8.33. The van der Waals surface area contributed by atoms with Crippen LogP contribution < -0.4 is 4.43 Å². The summed E-state index contributed by atoms with van der Waals surface area (Å²) in [5.74, 6) is 1.72. The van der Waals surface area contributed by atoms with Gasteiger partial charge in [-0.1, -0.05) is 65.0 Å². The van der Waals surface area contributed by atoms with Gasteiger partial charge in [-0.3, -0.25) is 0 Å². The molecule has 1 aromatic carbocycles. The summed E-state index contributed by atoms with van der Waals surface area (Å²) in [4.78, 5) is 0. The van der Waals surface area contributed by atoms with Crippen molar-refractivity contribution in [1.82, 2.24) is 0 Å². The SMILES string of the molecule is CCCCCCC(C)(C)c1ccc([C@H]2CCC[C@@H](O[Si](C)(C)C)C2)c(O[Si](C)(C)C)c1. The Morgan fingerprint density at radius 3 is 2.26 bits per heavy atom. The topological polar surface area (TPSA) is 18.5 Å². The Morgan fingerprint density at radius 2 is 1.65 bits per heavy atom. The smallest absolute Gasteiger partial charge is 0.242 e. The summed E-state index contributed by atoms with van der Waals surface area (Å²) in [7, 11) is -3.19. The van der Waals surface area contributed by atoms with Crippen LogP contribution in [0.5, 0.6) is 5.75 Å². The minimum absolute atomic E-state index is 0.194. The predicted molar refractivity (Wildman–Crippen MR) is 142 cm³/mol. The van der Waals surface area contributed by atoms with E-state index in [4.69, 9.17) is 8.85 Å². The highest BCUT2D eigenvalue weighted by atomic mass is 28.4. The van der Waals surface area contributed by atoms with Gasteiger partial charge in [-0.2, -0.15) is 0 Å². The first-order valence-corrected chi connectivity index (χ1v) is 19.6. The molecule has 0 aromatic heterocycles. The summed E-state index contributed by atoms with van der Waals surface area (Å²) in [5, 5.41) is 0. The minimum atomic E-state index is -1.69. The summed E-state index contributed by atoms with van der Waals surface area (Å²) in [6.07, 6.45) is 11.8. The van der Waals surface area contributed by atoms with Gasteiger partial charge in [0.2, 0.25) is 8.32 Å². The van der Waals surface area contributed by atoms with Gasteiger partial charge in [-0.05, 0) is 93.5 Å². The maximum atomic E-state index is 6.71. The van der Waals surface area contributed by atoms with Gasteiger partial charge in [0.25, 0.3) is 0 Å². The zero-order valence-corrected chi connectivity index (χ0v) is 24.1. The van der Waals surface area contributed by atoms with Crippen LogP contribution in [0.15, 0.2) is 18.2 Å². The zero-order chi connectivity index (χ0) is 23.3. The highest BCUT2D eigenvalue weighted by molar-refractivity contribution is 6.70. The highest BCUT2D eigenvalue weighted by Crippen LogP contribution is 2.42. The second kappa shape index (κ2) is 11.0. The Balaban J connectivity index is 2.26. The fraction of sp³-hybridized carbons (Fsp3) is 0.778. The van der Waals surface area contributed by atoms with Crippen LogP contribution in [0, 0.1) is 0 Å². The van der Waals surface area contributed by atoms with Crippen molar-refractivity contribution in [2.45, 2.75) is 135 Å². The van der Waals surface area contributed by atoms with E-state index >= 15 is 0 Å². The monoisotopic (exact) mass is 462 g/mol. The van der Waals surface area contributed by atoms with Gasteiger partial charge in [0.05, 0.1) is 0 Å². The van der Waals surface area contributed by atoms with Crippen molar-refractivity contribution in [1.29, 1.82) is 0 Å². The third kappa shape index (κ3) is 9.05. The molecule has 0 radical (unpaired) electrons. The number of hydrogen-bond donors (Lipinski definition) is 0. The molecule has 178 valence electrons. The molecule has 0 saturated heterocycles. The van der Waals surface area contributed by atoms with E-state index in [-0.39, 0.29) is 5.41 Å². The molecule has 2 atom stereocenters. The van der Waals surface area contributed by atoms with E-state index in [0.717, 1.165) is 12.2 Å². The van der Waals surface area contributed by atoms with Gasteiger partial charge in [-0.25, -0.2) is 0 Å². The molecule has 1 fully saturated rings. The fourth-order valence-corrected chi connectivity index (χ4v) is 6.93. The zero-order valence-electron chi connectivity index (χ0n) is 22.1. The maximum Gasteiger partial charge on any atom is 0.242 e. The van der Waals surface area contributed by atoms with Crippen molar-refractivity contribution in [3.63, 3.8) is 0 Å². The van der Waals surface area contributed by atoms with Crippen LogP contribution >= 0.6 is 0 Å². The summed E-state index contributed by atoms with van der Waals surface area (Å²) < 4.78 is 13.2. The number of benzene rings is 1. The van der Waals surface area contributed by atoms with Crippen molar-refractivity contribution < 1.29 is 8.85 Å². The lowest BCUT2D eigenvalue weighted by Crippen LogP contribution is -2.35. The molecule has 0 aliphatic heterocycles. The Morgan fingerprint density at radius 1 is 0.935 bits per heavy atom. The lowest BCUT2D eigenvalue weighted by molar-refractivity contribution is 0.136. The van der Waals surface area contributed by atoms with Crippen LogP contribution in [0.2, 0.25) is 39.3 Å². The molecule has 0 spiro atoms. The molecule has 1 aliphatic carbocycles. The molecule has 0 unspecified atom stereocenters. The lowest BCUT2D eigenvalue weighted by atomic mass is 9.77. The van der Waals surface area contributed by atoms with Crippen LogP contribution in [0.25, 0.3) is 0 Å². The molecule has 0 N–H and O–H groups in total. The molecule has 0 bridgehead atoms. The van der Waals surface area contributed by atoms with E-state index in [2.05, 4.69) is 78.3 Å². The molecule has 4 heteroatoms. The molecular weight excluding hydrogens is 412 g/mol. The normalized spacial score (nSPS) is 20.7. The van der Waals surface area contributed by atoms with Crippen LogP contribution in [0.3, 0.4) is 0 Å². The summed E-state index contributed by atoms with van der Waals surface area (Å²) in [5.41, 5.74) is 3.06. The Kier molecular flexibility index (Phi) is 9.48. The van der Waals surface area contributed by atoms with Gasteiger partial charge in [-0.15, -0.1) is 0 Å². The molecule has 31 heavy (non-hydrogen) atoms. The Hall–Kier alpha value is -0.586. The molecular formula is C27H50O2Si2. The molecule has 1 saturated carbocycles. The largest absolute Gasteiger partial charge is 0.544 e. The van der Waals surface area contributed by atoms with Gasteiger partial charge in [0.15, 0.2) is 8.32 Å². The van der Waals surface area contributed by atoms with E-state index in [0.29, 0.717) is 12.0 Å². The van der Waals surface area contributed by atoms with Gasteiger partial charge in [0.1, 0.15) is 5.75 Å². The highest BCUT2D eigenvalue weighted by Gasteiger charge is 2.31. The quantitative estimate of drug-likeness (QED) is 0.241. The van der Waals surface area contributed by atoms with Crippen molar-refractivity contribution in [2.75, 3.05) is 0 Å². The van der Waals surface area contributed by atoms with Crippen molar-refractivity contribution in [3.8, 4) is 5.75 Å². The number of unbranched alkanes of at least 4 members (excludes halogenated alkanes) is 3. The first-order valence-electron chi connectivity index (χ1n) is 12.8. The summed E-state index contributed by atoms with van der Waals surface area (Å²) >= 11 is 0. The van der Waals surface area contributed by atoms with Crippen LogP contribution in [0.4, 0.5) is 0 Å². The molecule has 2 rings (SSSR count). The van der Waals surface area contributed by atoms with Crippen molar-refractivity contribution in [2.24, 2.45) is 0 Å². The first kappa shape index (κ1) is 26.7. The third-order valence-electron chi connectivity index (χ3n) is 6.45. The summed E-state index contributed by atoms with van der Waals surface area (Å²) in [6, 6.07) is 7.20.